The summed E-state index contributed by atoms with van der Waals surface area (Å²) in [5, 5.41) is 21.6. The summed E-state index contributed by atoms with van der Waals surface area (Å²) < 4.78 is 0. The number of amides is 1. The molecule has 3 rings (SSSR count). The summed E-state index contributed by atoms with van der Waals surface area (Å²) in [6.45, 7) is 3.62. The van der Waals surface area contributed by atoms with Crippen LogP contribution >= 0.6 is 11.3 Å². The van der Waals surface area contributed by atoms with Gasteiger partial charge in [-0.1, -0.05) is 44.4 Å². The Labute approximate surface area is 133 Å². The van der Waals surface area contributed by atoms with Gasteiger partial charge in [0.05, 0.1) is 11.8 Å². The van der Waals surface area contributed by atoms with Crippen molar-refractivity contribution in [1.29, 1.82) is 0 Å². The van der Waals surface area contributed by atoms with E-state index in [1.807, 2.05) is 13.8 Å². The molecule has 6 nitrogen and oxygen atoms in total. The highest BCUT2D eigenvalue weighted by Gasteiger charge is 2.66. The molecule has 2 unspecified atom stereocenters. The Bertz CT molecular complexity index is 593. The second kappa shape index (κ2) is 5.61. The zero-order valence-electron chi connectivity index (χ0n) is 12.8. The Hall–Kier alpha value is -1.50. The highest BCUT2D eigenvalue weighted by molar-refractivity contribution is 7.15. The molecule has 2 saturated carbocycles. The summed E-state index contributed by atoms with van der Waals surface area (Å²) in [5.41, 5.74) is -0.493. The van der Waals surface area contributed by atoms with Gasteiger partial charge in [-0.25, -0.2) is 0 Å². The average molecular weight is 323 g/mol. The Morgan fingerprint density at radius 3 is 2.45 bits per heavy atom. The first-order valence-electron chi connectivity index (χ1n) is 7.78. The van der Waals surface area contributed by atoms with Crippen LogP contribution in [0.5, 0.6) is 0 Å². The van der Waals surface area contributed by atoms with Gasteiger partial charge >= 0.3 is 5.97 Å². The van der Waals surface area contributed by atoms with Crippen molar-refractivity contribution in [3.8, 4) is 0 Å². The van der Waals surface area contributed by atoms with Crippen LogP contribution in [0.2, 0.25) is 0 Å². The number of carboxylic acids is 1. The van der Waals surface area contributed by atoms with Crippen molar-refractivity contribution in [2.45, 2.75) is 51.9 Å². The van der Waals surface area contributed by atoms with Gasteiger partial charge in [-0.2, -0.15) is 0 Å². The lowest BCUT2D eigenvalue weighted by atomic mass is 9.90. The third-order valence-corrected chi connectivity index (χ3v) is 6.00. The summed E-state index contributed by atoms with van der Waals surface area (Å²) in [6.07, 6.45) is 6.01. The lowest BCUT2D eigenvalue weighted by Gasteiger charge is -2.18. The maximum atomic E-state index is 12.3. The number of nitrogens with one attached hydrogen (secondary N) is 1. The molecule has 0 saturated heterocycles. The van der Waals surface area contributed by atoms with E-state index in [1.54, 1.807) is 0 Å². The predicted molar refractivity (Wildman–Crippen MR) is 82.8 cm³/mol. The number of carbonyl (C=O) groups excluding carboxylic acids is 1. The first-order valence-corrected chi connectivity index (χ1v) is 8.60. The number of rotatable bonds is 4. The Morgan fingerprint density at radius 1 is 1.18 bits per heavy atom. The first-order chi connectivity index (χ1) is 10.4. The van der Waals surface area contributed by atoms with Crippen molar-refractivity contribution in [3.05, 3.63) is 5.01 Å². The second-order valence-corrected chi connectivity index (χ2v) is 7.89. The maximum absolute atomic E-state index is 12.3. The monoisotopic (exact) mass is 323 g/mol. The van der Waals surface area contributed by atoms with Crippen molar-refractivity contribution in [3.63, 3.8) is 0 Å². The van der Waals surface area contributed by atoms with E-state index < -0.39 is 23.2 Å². The first kappa shape index (κ1) is 15.4. The summed E-state index contributed by atoms with van der Waals surface area (Å²) in [7, 11) is 0. The minimum atomic E-state index is -0.912. The largest absolute Gasteiger partial charge is 0.481 e. The van der Waals surface area contributed by atoms with Gasteiger partial charge in [-0.05, 0) is 18.3 Å². The number of carboxylic acid groups (broad SMARTS) is 1. The highest BCUT2D eigenvalue weighted by atomic mass is 32.1. The molecule has 0 spiro atoms. The summed E-state index contributed by atoms with van der Waals surface area (Å²) in [4.78, 5) is 23.4. The molecule has 22 heavy (non-hydrogen) atoms. The minimum absolute atomic E-state index is 0.260. The van der Waals surface area contributed by atoms with Crippen molar-refractivity contribution >= 4 is 28.3 Å². The quantitative estimate of drug-likeness (QED) is 0.889. The van der Waals surface area contributed by atoms with Gasteiger partial charge in [0.15, 0.2) is 0 Å². The molecule has 1 aromatic rings. The Morgan fingerprint density at radius 2 is 1.86 bits per heavy atom. The molecule has 1 amide bonds. The van der Waals surface area contributed by atoms with Crippen LogP contribution in [-0.4, -0.2) is 27.2 Å². The second-order valence-electron chi connectivity index (χ2n) is 6.88. The van der Waals surface area contributed by atoms with Gasteiger partial charge in [0, 0.05) is 5.92 Å². The third kappa shape index (κ3) is 2.74. The number of anilines is 1. The van der Waals surface area contributed by atoms with Crippen LogP contribution < -0.4 is 5.32 Å². The van der Waals surface area contributed by atoms with Gasteiger partial charge in [-0.3, -0.25) is 9.59 Å². The predicted octanol–water partition coefficient (Wildman–Crippen LogP) is 2.88. The van der Waals surface area contributed by atoms with Gasteiger partial charge in [0.1, 0.15) is 5.01 Å². The van der Waals surface area contributed by atoms with Gasteiger partial charge in [0.2, 0.25) is 11.0 Å². The van der Waals surface area contributed by atoms with Crippen LogP contribution in [0, 0.1) is 17.3 Å². The van der Waals surface area contributed by atoms with E-state index in [2.05, 4.69) is 15.5 Å². The normalized spacial score (nSPS) is 27.4. The van der Waals surface area contributed by atoms with E-state index in [-0.39, 0.29) is 5.91 Å². The van der Waals surface area contributed by atoms with Crippen molar-refractivity contribution < 1.29 is 14.7 Å². The zero-order chi connectivity index (χ0) is 15.9. The van der Waals surface area contributed by atoms with Crippen LogP contribution in [0.3, 0.4) is 0 Å². The number of aromatic nitrogens is 2. The average Bonchev–Trinajstić information content (AvgIpc) is 2.82. The topological polar surface area (TPSA) is 92.2 Å². The van der Waals surface area contributed by atoms with Crippen LogP contribution in [0.15, 0.2) is 0 Å². The van der Waals surface area contributed by atoms with Crippen molar-refractivity contribution in [1.82, 2.24) is 10.2 Å². The summed E-state index contributed by atoms with van der Waals surface area (Å²) in [5.74, 6) is -1.82. The van der Waals surface area contributed by atoms with Crippen LogP contribution in [0.4, 0.5) is 5.13 Å². The number of carbonyl (C=O) groups is 2. The maximum Gasteiger partial charge on any atom is 0.307 e. The van der Waals surface area contributed by atoms with Crippen LogP contribution in [0.25, 0.3) is 0 Å². The fourth-order valence-electron chi connectivity index (χ4n) is 3.57. The van der Waals surface area contributed by atoms with E-state index >= 15 is 0 Å². The number of hydrogen-bond donors (Lipinski definition) is 2. The molecule has 1 aromatic heterocycles. The van der Waals surface area contributed by atoms with Crippen LogP contribution in [-0.2, 0) is 9.59 Å². The number of nitrogens with zero attached hydrogens (tertiary/aromatic N) is 2. The summed E-state index contributed by atoms with van der Waals surface area (Å²) in [6, 6.07) is 0. The van der Waals surface area contributed by atoms with Crippen molar-refractivity contribution in [2.75, 3.05) is 5.32 Å². The molecule has 2 aliphatic rings. The SMILES string of the molecule is CC1(C)C(C(=O)O)C1C(=O)Nc1nnc(C2CCCCC2)s1. The molecule has 7 heteroatoms. The lowest BCUT2D eigenvalue weighted by molar-refractivity contribution is -0.140. The standard InChI is InChI=1S/C15H21N3O3S/c1-15(2)9(10(15)13(20)21)11(19)16-14-18-17-12(22-14)8-6-4-3-5-7-8/h8-10H,3-7H2,1-2H3,(H,20,21)(H,16,18,19). The van der Waals surface area contributed by atoms with E-state index in [9.17, 15) is 9.59 Å². The molecule has 2 fully saturated rings. The molecule has 0 aromatic carbocycles. The van der Waals surface area contributed by atoms with E-state index in [1.165, 1.54) is 30.6 Å². The Balaban J connectivity index is 1.63. The van der Waals surface area contributed by atoms with Gasteiger partial charge < -0.3 is 10.4 Å². The van der Waals surface area contributed by atoms with E-state index in [0.717, 1.165) is 17.8 Å². The molecule has 0 aliphatic heterocycles. The minimum Gasteiger partial charge on any atom is -0.481 e. The highest BCUT2D eigenvalue weighted by Crippen LogP contribution is 2.58. The van der Waals surface area contributed by atoms with E-state index in [0.29, 0.717) is 11.0 Å². The molecule has 0 bridgehead atoms. The fraction of sp³-hybridized carbons (Fsp3) is 0.733. The smallest absolute Gasteiger partial charge is 0.307 e. The lowest BCUT2D eigenvalue weighted by Crippen LogP contribution is -2.17. The molecule has 2 atom stereocenters. The zero-order valence-corrected chi connectivity index (χ0v) is 13.7. The molecular weight excluding hydrogens is 302 g/mol. The molecule has 2 N–H and O–H groups in total. The Kier molecular flexibility index (Phi) is 3.92. The van der Waals surface area contributed by atoms with E-state index in [4.69, 9.17) is 5.11 Å². The third-order valence-electron chi connectivity index (χ3n) is 5.00. The molecule has 1 heterocycles. The van der Waals surface area contributed by atoms with Crippen molar-refractivity contribution in [2.24, 2.45) is 17.3 Å². The molecule has 120 valence electrons. The molecule has 0 radical (unpaired) electrons. The fourth-order valence-corrected chi connectivity index (χ4v) is 4.49. The molecule has 2 aliphatic carbocycles. The van der Waals surface area contributed by atoms with Gasteiger partial charge in [0.25, 0.3) is 0 Å². The molecular formula is C15H21N3O3S. The van der Waals surface area contributed by atoms with Crippen LogP contribution in [0.1, 0.15) is 56.9 Å². The summed E-state index contributed by atoms with van der Waals surface area (Å²) >= 11 is 1.42. The number of hydrogen-bond acceptors (Lipinski definition) is 5. The number of aliphatic carboxylic acids is 1. The van der Waals surface area contributed by atoms with Gasteiger partial charge in [-0.15, -0.1) is 10.2 Å².